The summed E-state index contributed by atoms with van der Waals surface area (Å²) < 4.78 is 10.9. The lowest BCUT2D eigenvalue weighted by molar-refractivity contribution is 0.345. The first-order chi connectivity index (χ1) is 8.85. The van der Waals surface area contributed by atoms with Crippen molar-refractivity contribution in [1.82, 2.24) is 0 Å². The van der Waals surface area contributed by atoms with Gasteiger partial charge in [-0.1, -0.05) is 46.3 Å². The van der Waals surface area contributed by atoms with Gasteiger partial charge in [-0.15, -0.1) is 0 Å². The molecule has 2 rings (SSSR count). The average molecular weight is 307 g/mol. The van der Waals surface area contributed by atoms with Crippen molar-refractivity contribution in [3.05, 3.63) is 48.5 Å². The molecule has 94 valence electrons. The molecule has 0 bridgehead atoms. The predicted octanol–water partition coefficient (Wildman–Crippen LogP) is 4.14. The first-order valence-electron chi connectivity index (χ1n) is 5.77. The maximum atomic E-state index is 5.52. The zero-order valence-electron chi connectivity index (χ0n) is 10.2. The van der Waals surface area contributed by atoms with Gasteiger partial charge < -0.3 is 9.47 Å². The zero-order valence-corrected chi connectivity index (χ0v) is 11.8. The van der Waals surface area contributed by atoms with Gasteiger partial charge in [0.15, 0.2) is 0 Å². The van der Waals surface area contributed by atoms with E-state index >= 15 is 0 Å². The van der Waals surface area contributed by atoms with Crippen molar-refractivity contribution in [1.29, 1.82) is 0 Å². The van der Waals surface area contributed by atoms with Gasteiger partial charge in [-0.3, -0.25) is 0 Å². The Morgan fingerprint density at radius 3 is 2.39 bits per heavy atom. The van der Waals surface area contributed by atoms with E-state index in [2.05, 4.69) is 15.9 Å². The second-order valence-electron chi connectivity index (χ2n) is 3.76. The van der Waals surface area contributed by atoms with Crippen LogP contribution in [0.5, 0.6) is 11.5 Å². The Hall–Kier alpha value is -1.48. The number of para-hydroxylation sites is 1. The molecule has 2 aromatic rings. The van der Waals surface area contributed by atoms with Crippen molar-refractivity contribution in [3.63, 3.8) is 0 Å². The van der Waals surface area contributed by atoms with Gasteiger partial charge in [-0.2, -0.15) is 0 Å². The standard InChI is InChI=1S/C15H15BrO2/c1-17-15-5-3-2-4-14(15)12-6-8-13(9-7-12)18-11-10-16/h2-9H,10-11H2,1H3. The summed E-state index contributed by atoms with van der Waals surface area (Å²) in [6.07, 6.45) is 0. The number of benzene rings is 2. The van der Waals surface area contributed by atoms with Crippen molar-refractivity contribution in [3.8, 4) is 22.6 Å². The fourth-order valence-electron chi connectivity index (χ4n) is 1.77. The summed E-state index contributed by atoms with van der Waals surface area (Å²) >= 11 is 3.34. The monoisotopic (exact) mass is 306 g/mol. The Labute approximate surface area is 116 Å². The molecule has 3 heteroatoms. The van der Waals surface area contributed by atoms with Gasteiger partial charge in [0.05, 0.1) is 13.7 Å². The highest BCUT2D eigenvalue weighted by atomic mass is 79.9. The van der Waals surface area contributed by atoms with Crippen molar-refractivity contribution >= 4 is 15.9 Å². The molecule has 0 fully saturated rings. The molecule has 2 aromatic carbocycles. The summed E-state index contributed by atoms with van der Waals surface area (Å²) in [5.41, 5.74) is 2.21. The highest BCUT2D eigenvalue weighted by Gasteiger charge is 2.04. The summed E-state index contributed by atoms with van der Waals surface area (Å²) in [5.74, 6) is 1.76. The Bertz CT molecular complexity index is 494. The van der Waals surface area contributed by atoms with Gasteiger partial charge in [-0.05, 0) is 23.8 Å². The number of hydrogen-bond acceptors (Lipinski definition) is 2. The quantitative estimate of drug-likeness (QED) is 0.773. The van der Waals surface area contributed by atoms with E-state index in [1.807, 2.05) is 48.5 Å². The second-order valence-corrected chi connectivity index (χ2v) is 4.56. The Balaban J connectivity index is 2.23. The third-order valence-electron chi connectivity index (χ3n) is 2.62. The minimum Gasteiger partial charge on any atom is -0.496 e. The molecule has 0 atom stereocenters. The summed E-state index contributed by atoms with van der Waals surface area (Å²) in [7, 11) is 1.69. The van der Waals surface area contributed by atoms with Crippen LogP contribution in [-0.2, 0) is 0 Å². The number of rotatable bonds is 5. The highest BCUT2D eigenvalue weighted by molar-refractivity contribution is 9.09. The van der Waals surface area contributed by atoms with E-state index < -0.39 is 0 Å². The molecule has 0 heterocycles. The minimum atomic E-state index is 0.675. The smallest absolute Gasteiger partial charge is 0.126 e. The second kappa shape index (κ2) is 6.45. The molecule has 2 nitrogen and oxygen atoms in total. The molecule has 0 aliphatic carbocycles. The van der Waals surface area contributed by atoms with E-state index in [1.54, 1.807) is 7.11 Å². The molecule has 0 spiro atoms. The molecule has 0 saturated carbocycles. The minimum absolute atomic E-state index is 0.675. The zero-order chi connectivity index (χ0) is 12.8. The molecule has 0 amide bonds. The third-order valence-corrected chi connectivity index (χ3v) is 2.94. The van der Waals surface area contributed by atoms with Gasteiger partial charge in [0.25, 0.3) is 0 Å². The number of ether oxygens (including phenoxy) is 2. The Morgan fingerprint density at radius 2 is 1.72 bits per heavy atom. The van der Waals surface area contributed by atoms with E-state index in [9.17, 15) is 0 Å². The molecule has 0 aliphatic rings. The normalized spacial score (nSPS) is 10.1. The van der Waals surface area contributed by atoms with Gasteiger partial charge in [-0.25, -0.2) is 0 Å². The van der Waals surface area contributed by atoms with E-state index in [-0.39, 0.29) is 0 Å². The van der Waals surface area contributed by atoms with Gasteiger partial charge in [0, 0.05) is 10.9 Å². The molecule has 0 saturated heterocycles. The molecule has 0 unspecified atom stereocenters. The Morgan fingerprint density at radius 1 is 1.00 bits per heavy atom. The van der Waals surface area contributed by atoms with Crippen LogP contribution in [0, 0.1) is 0 Å². The fraction of sp³-hybridized carbons (Fsp3) is 0.200. The molecule has 0 aliphatic heterocycles. The van der Waals surface area contributed by atoms with Crippen molar-refractivity contribution in [2.24, 2.45) is 0 Å². The maximum Gasteiger partial charge on any atom is 0.126 e. The number of alkyl halides is 1. The predicted molar refractivity (Wildman–Crippen MR) is 77.7 cm³/mol. The molecular formula is C15H15BrO2. The van der Waals surface area contributed by atoms with E-state index in [4.69, 9.17) is 9.47 Å². The highest BCUT2D eigenvalue weighted by Crippen LogP contribution is 2.30. The largest absolute Gasteiger partial charge is 0.496 e. The first-order valence-corrected chi connectivity index (χ1v) is 6.89. The van der Waals surface area contributed by atoms with Crippen molar-refractivity contribution in [2.45, 2.75) is 0 Å². The van der Waals surface area contributed by atoms with Crippen LogP contribution in [0.3, 0.4) is 0 Å². The van der Waals surface area contributed by atoms with Gasteiger partial charge in [0.1, 0.15) is 11.5 Å². The topological polar surface area (TPSA) is 18.5 Å². The number of methoxy groups -OCH3 is 1. The first kappa shape index (κ1) is 13.0. The SMILES string of the molecule is COc1ccccc1-c1ccc(OCCBr)cc1. The number of hydrogen-bond donors (Lipinski definition) is 0. The van der Waals surface area contributed by atoms with Crippen LogP contribution in [0.2, 0.25) is 0 Å². The van der Waals surface area contributed by atoms with Crippen LogP contribution < -0.4 is 9.47 Å². The summed E-state index contributed by atoms with van der Waals surface area (Å²) in [6, 6.07) is 16.0. The maximum absolute atomic E-state index is 5.52. The third kappa shape index (κ3) is 3.05. The van der Waals surface area contributed by atoms with Crippen LogP contribution in [-0.4, -0.2) is 19.0 Å². The van der Waals surface area contributed by atoms with Crippen LogP contribution in [0.1, 0.15) is 0 Å². The summed E-state index contributed by atoms with van der Waals surface area (Å²) in [4.78, 5) is 0. The van der Waals surface area contributed by atoms with Crippen LogP contribution in [0.15, 0.2) is 48.5 Å². The summed E-state index contributed by atoms with van der Waals surface area (Å²) in [6.45, 7) is 0.675. The lowest BCUT2D eigenvalue weighted by Crippen LogP contribution is -1.97. The van der Waals surface area contributed by atoms with Crippen molar-refractivity contribution in [2.75, 3.05) is 19.0 Å². The molecule has 0 aromatic heterocycles. The molecular weight excluding hydrogens is 292 g/mol. The van der Waals surface area contributed by atoms with Gasteiger partial charge in [0.2, 0.25) is 0 Å². The lowest BCUT2D eigenvalue weighted by atomic mass is 10.0. The molecule has 18 heavy (non-hydrogen) atoms. The average Bonchev–Trinajstić information content (AvgIpc) is 2.45. The van der Waals surface area contributed by atoms with Crippen LogP contribution >= 0.6 is 15.9 Å². The molecule has 0 radical (unpaired) electrons. The van der Waals surface area contributed by atoms with E-state index in [0.29, 0.717) is 6.61 Å². The van der Waals surface area contributed by atoms with Gasteiger partial charge >= 0.3 is 0 Å². The van der Waals surface area contributed by atoms with E-state index in [1.165, 1.54) is 0 Å². The van der Waals surface area contributed by atoms with Crippen LogP contribution in [0.25, 0.3) is 11.1 Å². The molecule has 0 N–H and O–H groups in total. The van der Waals surface area contributed by atoms with Crippen molar-refractivity contribution < 1.29 is 9.47 Å². The fourth-order valence-corrected chi connectivity index (χ4v) is 1.93. The van der Waals surface area contributed by atoms with Crippen LogP contribution in [0.4, 0.5) is 0 Å². The lowest BCUT2D eigenvalue weighted by Gasteiger charge is -2.09. The number of halogens is 1. The van der Waals surface area contributed by atoms with E-state index in [0.717, 1.165) is 28.0 Å². The Kier molecular flexibility index (Phi) is 4.65. The summed E-state index contributed by atoms with van der Waals surface area (Å²) in [5, 5.41) is 0.835.